The molecule has 3 amide bonds. The largest absolute Gasteiger partial charge is 0.341 e. The number of rotatable bonds is 24. The summed E-state index contributed by atoms with van der Waals surface area (Å²) in [4.78, 5) is 118. The van der Waals surface area contributed by atoms with Crippen LogP contribution in [0.4, 0.5) is 0 Å². The standard InChI is InChI=1S/C21H33N2O3.C19H33N2O3.C17H29N2O3.3W/c1-6-16(22-5)17(25)10-14(9-13-7-8-13)20(26)23-11-15-18(21(15,3)4)19(23)12(2)24;1-7-15(20-6)17(23)12-14(19(3,4)5)18(24)21-11-9-8-10-16(21)13(2)22;1-6-14(18-5)16(21)10-13(11(2)3)17(22)19-9-7-8-15(19)12(4)20;;;/h13-16,18-19,22H,1,6-11H2,2-5H3;14-16,20H,1,7-12H2,2-6H3;11,13-15,18H,1,6-10H2,2-5H3;;;/q3*-1;;;/t14-,15?,16+,18?,19-;14-,15+,16+;13-,14-,15-;;;/m110.../s1. The van der Waals surface area contributed by atoms with Gasteiger partial charge in [-0.05, 0) is 115 Å². The van der Waals surface area contributed by atoms with E-state index in [1.165, 1.54) is 6.92 Å². The third kappa shape index (κ3) is 19.9. The van der Waals surface area contributed by atoms with Crippen molar-refractivity contribution in [1.29, 1.82) is 0 Å². The van der Waals surface area contributed by atoms with Crippen molar-refractivity contribution in [1.82, 2.24) is 30.7 Å². The second-order valence-corrected chi connectivity index (χ2v) is 23.5. The van der Waals surface area contributed by atoms with E-state index in [-0.39, 0.29) is 206 Å². The quantitative estimate of drug-likeness (QED) is 0.0922. The van der Waals surface area contributed by atoms with Crippen LogP contribution in [0.2, 0.25) is 0 Å². The van der Waals surface area contributed by atoms with Crippen LogP contribution >= 0.6 is 0 Å². The molecule has 3 saturated heterocycles. The van der Waals surface area contributed by atoms with Crippen LogP contribution in [0.1, 0.15) is 159 Å². The third-order valence-corrected chi connectivity index (χ3v) is 16.6. The molecule has 0 aromatic carbocycles. The maximum Gasteiger partial charge on any atom is 0.227 e. The number of carbonyl (C=O) groups excluding carboxylic acids is 9. The molecule has 0 bridgehead atoms. The Bertz CT molecular complexity index is 1910. The molecule has 75 heavy (non-hydrogen) atoms. The zero-order valence-corrected chi connectivity index (χ0v) is 56.7. The van der Waals surface area contributed by atoms with E-state index in [9.17, 15) is 43.2 Å². The normalized spacial score (nSPS) is 23.8. The monoisotopic (exact) mass is 1560 g/mol. The molecule has 5 fully saturated rings. The van der Waals surface area contributed by atoms with Crippen LogP contribution < -0.4 is 16.0 Å². The molecule has 0 aromatic heterocycles. The van der Waals surface area contributed by atoms with Crippen molar-refractivity contribution in [3.8, 4) is 0 Å². The predicted octanol–water partition coefficient (Wildman–Crippen LogP) is 6.24. The molecule has 3 N–H and O–H groups in total. The molecule has 0 aromatic rings. The smallest absolute Gasteiger partial charge is 0.227 e. The van der Waals surface area contributed by atoms with Crippen LogP contribution in [0, 0.1) is 73.0 Å². The molecule has 3 heterocycles. The minimum absolute atomic E-state index is 0. The number of hydrogen-bond acceptors (Lipinski definition) is 12. The number of likely N-dealkylation sites (N-methyl/N-ethyl adjacent to an activating group) is 3. The molecule has 18 heteroatoms. The van der Waals surface area contributed by atoms with E-state index in [0.29, 0.717) is 50.7 Å². The average Bonchev–Trinajstić information content (AvgIpc) is 4.04. The van der Waals surface area contributed by atoms with E-state index < -0.39 is 5.92 Å². The maximum absolute atomic E-state index is 13.3. The zero-order chi connectivity index (χ0) is 54.6. The number of nitrogens with zero attached hydrogens (tertiary/aromatic N) is 3. The summed E-state index contributed by atoms with van der Waals surface area (Å²) < 4.78 is 0. The number of amides is 3. The van der Waals surface area contributed by atoms with Gasteiger partial charge in [0, 0.05) is 138 Å². The van der Waals surface area contributed by atoms with Crippen molar-refractivity contribution < 1.29 is 106 Å². The maximum atomic E-state index is 13.3. The van der Waals surface area contributed by atoms with Gasteiger partial charge in [0.15, 0.2) is 17.3 Å². The van der Waals surface area contributed by atoms with E-state index in [1.54, 1.807) is 44.8 Å². The van der Waals surface area contributed by atoms with Crippen molar-refractivity contribution in [2.24, 2.45) is 52.3 Å². The first kappa shape index (κ1) is 73.4. The number of fused-ring (bicyclic) bond motifs is 1. The number of ketones is 6. The third-order valence-electron chi connectivity index (χ3n) is 16.6. The molecule has 5 aliphatic rings. The van der Waals surface area contributed by atoms with Crippen LogP contribution in [0.25, 0.3) is 0 Å². The number of likely N-dealkylation sites (tertiary alicyclic amines) is 3. The van der Waals surface area contributed by atoms with Crippen molar-refractivity contribution >= 4 is 52.4 Å². The molecular formula is C57H95N6O9W3-3. The topological polar surface area (TPSA) is 199 Å². The molecule has 0 radical (unpaired) electrons. The SMILES string of the molecule is [CH2-]C[C@H](NC)C(=O)C[C@@H](CC1CC1)C(=O)N1CC2C([C@H]1C(C)=O)C2(C)C.[CH2-]C[C@H](NC)C(=O)C[C@H](C(=O)N1CCCC[C@H]1C(C)=O)C(C)(C)C.[CH2-]C[C@H](NC)C(=O)C[C@H](C(=O)N1CCC[C@H]1C(C)=O)C(C)C.[W].[W].[W]. The molecule has 5 rings (SSSR count). The fourth-order valence-electron chi connectivity index (χ4n) is 11.6. The number of hydrogen-bond donors (Lipinski definition) is 3. The first-order valence-corrected chi connectivity index (χ1v) is 27.1. The first-order chi connectivity index (χ1) is 33.7. The molecule has 2 unspecified atom stereocenters. The van der Waals surface area contributed by atoms with Crippen molar-refractivity contribution in [2.45, 2.75) is 195 Å². The van der Waals surface area contributed by atoms with Gasteiger partial charge in [0.1, 0.15) is 17.3 Å². The fraction of sp³-hybridized carbons (Fsp3) is 0.789. The number of carbonyl (C=O) groups is 9. The van der Waals surface area contributed by atoms with Gasteiger partial charge < -0.3 is 51.4 Å². The summed E-state index contributed by atoms with van der Waals surface area (Å²) in [5.74, 6) is 0.390. The Kier molecular flexibility index (Phi) is 32.5. The Hall–Kier alpha value is -1.63. The van der Waals surface area contributed by atoms with Gasteiger partial charge in [-0.25, -0.2) is 0 Å². The summed E-state index contributed by atoms with van der Waals surface area (Å²) in [6.07, 6.45) is 9.33. The predicted molar refractivity (Wildman–Crippen MR) is 282 cm³/mol. The zero-order valence-electron chi connectivity index (χ0n) is 47.9. The Balaban J connectivity index is 0.00000108. The second-order valence-electron chi connectivity index (χ2n) is 23.5. The van der Waals surface area contributed by atoms with Gasteiger partial charge in [-0.15, -0.1) is 0 Å². The Labute approximate surface area is 495 Å². The van der Waals surface area contributed by atoms with Crippen molar-refractivity contribution in [2.75, 3.05) is 40.8 Å². The van der Waals surface area contributed by atoms with Gasteiger partial charge in [0.05, 0.1) is 18.1 Å². The molecule has 0 spiro atoms. The summed E-state index contributed by atoms with van der Waals surface area (Å²) in [5.41, 5.74) is -0.189. The van der Waals surface area contributed by atoms with Crippen LogP contribution in [0.5, 0.6) is 0 Å². The molecule has 2 aliphatic carbocycles. The summed E-state index contributed by atoms with van der Waals surface area (Å²) in [6.45, 7) is 32.2. The van der Waals surface area contributed by atoms with Gasteiger partial charge >= 0.3 is 0 Å². The van der Waals surface area contributed by atoms with Crippen molar-refractivity contribution in [3.63, 3.8) is 0 Å². The van der Waals surface area contributed by atoms with Crippen molar-refractivity contribution in [3.05, 3.63) is 20.8 Å². The van der Waals surface area contributed by atoms with E-state index >= 15 is 0 Å². The summed E-state index contributed by atoms with van der Waals surface area (Å²) in [7, 11) is 5.22. The van der Waals surface area contributed by atoms with Gasteiger partial charge in [-0.1, -0.05) is 61.3 Å². The molecule has 11 atom stereocenters. The van der Waals surface area contributed by atoms with Crippen LogP contribution in [-0.4, -0.2) is 144 Å². The Morgan fingerprint density at radius 3 is 1.44 bits per heavy atom. The molecule has 3 aliphatic heterocycles. The second kappa shape index (κ2) is 33.2. The Morgan fingerprint density at radius 1 is 0.587 bits per heavy atom. The molecular weight excluding hydrogens is 1460 g/mol. The minimum atomic E-state index is -0.424. The van der Waals surface area contributed by atoms with Crippen LogP contribution in [0.15, 0.2) is 0 Å². The van der Waals surface area contributed by atoms with E-state index in [4.69, 9.17) is 0 Å². The summed E-state index contributed by atoms with van der Waals surface area (Å²) in [6, 6.07) is -1.87. The number of nitrogens with one attached hydrogen (secondary N) is 3. The van der Waals surface area contributed by atoms with Gasteiger partial charge in [0.25, 0.3) is 0 Å². The molecule has 2 saturated carbocycles. The average molecular weight is 1560 g/mol. The van der Waals surface area contributed by atoms with Crippen LogP contribution in [-0.2, 0) is 106 Å². The molecule has 428 valence electrons. The van der Waals surface area contributed by atoms with Crippen LogP contribution in [0.3, 0.4) is 0 Å². The minimum Gasteiger partial charge on any atom is -0.341 e. The number of piperidine rings is 2. The first-order valence-electron chi connectivity index (χ1n) is 27.1. The van der Waals surface area contributed by atoms with Gasteiger partial charge in [0.2, 0.25) is 17.7 Å². The Morgan fingerprint density at radius 2 is 1.03 bits per heavy atom. The summed E-state index contributed by atoms with van der Waals surface area (Å²) >= 11 is 0. The van der Waals surface area contributed by atoms with E-state index in [1.807, 2.05) is 39.5 Å². The van der Waals surface area contributed by atoms with Gasteiger partial charge in [-0.2, -0.15) is 19.3 Å². The molecule has 15 nitrogen and oxygen atoms in total. The summed E-state index contributed by atoms with van der Waals surface area (Å²) in [5, 5.41) is 8.90. The van der Waals surface area contributed by atoms with E-state index in [2.05, 4.69) is 50.6 Å². The fourth-order valence-corrected chi connectivity index (χ4v) is 11.6. The number of Topliss-reactive ketones (excluding diaryl/α,β-unsaturated/α-hetero) is 6. The van der Waals surface area contributed by atoms with Gasteiger partial charge in [-0.3, -0.25) is 43.2 Å². The van der Waals surface area contributed by atoms with E-state index in [0.717, 1.165) is 51.4 Å².